The standard InChI is InChI=1S/C7H11N3/c1-6(9-8)7-3-4-10(2)5-7/h3-6,8H,1-2H3. The molecule has 0 fully saturated rings. The number of rotatable bonds is 2. The lowest BCUT2D eigenvalue weighted by Crippen LogP contribution is -1.85. The summed E-state index contributed by atoms with van der Waals surface area (Å²) in [7, 11) is 1.96. The minimum absolute atomic E-state index is 0.00111. The Hall–Kier alpha value is -1.12. The molecule has 0 spiro atoms. The first-order valence-corrected chi connectivity index (χ1v) is 3.22. The average Bonchev–Trinajstić information content (AvgIpc) is 2.34. The van der Waals surface area contributed by atoms with E-state index in [1.807, 2.05) is 37.0 Å². The molecule has 0 amide bonds. The third-order valence-corrected chi connectivity index (χ3v) is 1.53. The van der Waals surface area contributed by atoms with Crippen molar-refractivity contribution in [2.75, 3.05) is 0 Å². The number of nitrogens with zero attached hydrogens (tertiary/aromatic N) is 2. The van der Waals surface area contributed by atoms with Crippen LogP contribution in [0.25, 0.3) is 0 Å². The van der Waals surface area contributed by atoms with Crippen molar-refractivity contribution in [1.29, 1.82) is 5.53 Å². The lowest BCUT2D eigenvalue weighted by atomic mass is 10.2. The Balaban J connectivity index is 2.84. The van der Waals surface area contributed by atoms with Gasteiger partial charge in [0.05, 0.1) is 6.04 Å². The molecular formula is C7H11N3. The molecule has 1 unspecified atom stereocenters. The van der Waals surface area contributed by atoms with Crippen molar-refractivity contribution >= 4 is 0 Å². The monoisotopic (exact) mass is 137 g/mol. The van der Waals surface area contributed by atoms with E-state index in [1.54, 1.807) is 0 Å². The van der Waals surface area contributed by atoms with Gasteiger partial charge in [0, 0.05) is 19.4 Å². The Morgan fingerprint density at radius 2 is 2.40 bits per heavy atom. The summed E-state index contributed by atoms with van der Waals surface area (Å²) in [6, 6.07) is 1.98. The molecule has 0 radical (unpaired) electrons. The second-order valence-electron chi connectivity index (χ2n) is 2.42. The van der Waals surface area contributed by atoms with Crippen molar-refractivity contribution in [3.05, 3.63) is 24.0 Å². The van der Waals surface area contributed by atoms with Crippen LogP contribution in [0.3, 0.4) is 0 Å². The van der Waals surface area contributed by atoms with Gasteiger partial charge in [0.25, 0.3) is 0 Å². The molecule has 0 aliphatic rings. The van der Waals surface area contributed by atoms with Gasteiger partial charge in [0.15, 0.2) is 0 Å². The fourth-order valence-electron chi connectivity index (χ4n) is 0.847. The van der Waals surface area contributed by atoms with Gasteiger partial charge < -0.3 is 4.57 Å². The first kappa shape index (κ1) is 6.99. The number of aryl methyl sites for hydroxylation is 1. The maximum Gasteiger partial charge on any atom is 0.0941 e. The molecule has 0 saturated carbocycles. The van der Waals surface area contributed by atoms with Crippen molar-refractivity contribution in [2.45, 2.75) is 13.0 Å². The number of nitrogens with one attached hydrogen (secondary N) is 1. The van der Waals surface area contributed by atoms with Crippen LogP contribution in [0.1, 0.15) is 18.5 Å². The van der Waals surface area contributed by atoms with Crippen molar-refractivity contribution < 1.29 is 0 Å². The maximum atomic E-state index is 6.77. The molecule has 1 N–H and O–H groups in total. The topological polar surface area (TPSA) is 41.1 Å². The van der Waals surface area contributed by atoms with Gasteiger partial charge >= 0.3 is 0 Å². The predicted molar refractivity (Wildman–Crippen MR) is 39.0 cm³/mol. The zero-order valence-electron chi connectivity index (χ0n) is 6.20. The quantitative estimate of drug-likeness (QED) is 0.606. The SMILES string of the molecule is CC(N=N)c1ccn(C)c1. The van der Waals surface area contributed by atoms with Crippen LogP contribution >= 0.6 is 0 Å². The molecule has 10 heavy (non-hydrogen) atoms. The van der Waals surface area contributed by atoms with E-state index >= 15 is 0 Å². The largest absolute Gasteiger partial charge is 0.357 e. The van der Waals surface area contributed by atoms with E-state index in [4.69, 9.17) is 5.53 Å². The summed E-state index contributed by atoms with van der Waals surface area (Å²) in [5.74, 6) is 0. The Morgan fingerprint density at radius 1 is 1.70 bits per heavy atom. The Morgan fingerprint density at radius 3 is 2.80 bits per heavy atom. The highest BCUT2D eigenvalue weighted by atomic mass is 15.0. The summed E-state index contributed by atoms with van der Waals surface area (Å²) >= 11 is 0. The maximum absolute atomic E-state index is 6.77. The molecule has 54 valence electrons. The molecule has 1 aromatic heterocycles. The molecule has 0 aliphatic carbocycles. The van der Waals surface area contributed by atoms with E-state index in [2.05, 4.69) is 5.11 Å². The second-order valence-corrected chi connectivity index (χ2v) is 2.42. The van der Waals surface area contributed by atoms with Gasteiger partial charge in [0.2, 0.25) is 0 Å². The van der Waals surface area contributed by atoms with E-state index in [0.717, 1.165) is 5.56 Å². The second kappa shape index (κ2) is 2.64. The lowest BCUT2D eigenvalue weighted by Gasteiger charge is -1.97. The van der Waals surface area contributed by atoms with Crippen LogP contribution in [-0.4, -0.2) is 4.57 Å². The molecule has 1 atom stereocenters. The Bertz CT molecular complexity index is 227. The minimum atomic E-state index is 0.00111. The molecule has 0 bridgehead atoms. The predicted octanol–water partition coefficient (Wildman–Crippen LogP) is 2.12. The van der Waals surface area contributed by atoms with Gasteiger partial charge in [0.1, 0.15) is 0 Å². The molecule has 1 rings (SSSR count). The molecule has 0 saturated heterocycles. The van der Waals surface area contributed by atoms with Crippen LogP contribution in [0.4, 0.5) is 0 Å². The molecule has 0 aliphatic heterocycles. The average molecular weight is 137 g/mol. The van der Waals surface area contributed by atoms with Crippen molar-refractivity contribution in [2.24, 2.45) is 12.2 Å². The molecule has 3 nitrogen and oxygen atoms in total. The zero-order valence-corrected chi connectivity index (χ0v) is 6.20. The number of hydrogen-bond donors (Lipinski definition) is 1. The summed E-state index contributed by atoms with van der Waals surface area (Å²) in [6.45, 7) is 1.91. The summed E-state index contributed by atoms with van der Waals surface area (Å²) in [5.41, 5.74) is 7.87. The van der Waals surface area contributed by atoms with Gasteiger partial charge in [-0.1, -0.05) is 0 Å². The summed E-state index contributed by atoms with van der Waals surface area (Å²) in [4.78, 5) is 0. The summed E-state index contributed by atoms with van der Waals surface area (Å²) < 4.78 is 1.96. The van der Waals surface area contributed by atoms with Crippen molar-refractivity contribution in [1.82, 2.24) is 4.57 Å². The van der Waals surface area contributed by atoms with Gasteiger partial charge in [-0.15, -0.1) is 0 Å². The van der Waals surface area contributed by atoms with E-state index in [-0.39, 0.29) is 6.04 Å². The fourth-order valence-corrected chi connectivity index (χ4v) is 0.847. The summed E-state index contributed by atoms with van der Waals surface area (Å²) in [5, 5.41) is 3.41. The highest BCUT2D eigenvalue weighted by Crippen LogP contribution is 2.15. The van der Waals surface area contributed by atoms with Gasteiger partial charge in [-0.2, -0.15) is 5.11 Å². The van der Waals surface area contributed by atoms with Crippen LogP contribution in [0.15, 0.2) is 23.6 Å². The van der Waals surface area contributed by atoms with Crippen LogP contribution < -0.4 is 0 Å². The fraction of sp³-hybridized carbons (Fsp3) is 0.429. The van der Waals surface area contributed by atoms with Crippen molar-refractivity contribution in [3.63, 3.8) is 0 Å². The third-order valence-electron chi connectivity index (χ3n) is 1.53. The van der Waals surface area contributed by atoms with E-state index < -0.39 is 0 Å². The first-order chi connectivity index (χ1) is 4.74. The third kappa shape index (κ3) is 1.23. The molecular weight excluding hydrogens is 126 g/mol. The minimum Gasteiger partial charge on any atom is -0.357 e. The molecule has 0 aromatic carbocycles. The highest BCUT2D eigenvalue weighted by molar-refractivity contribution is 5.13. The zero-order chi connectivity index (χ0) is 7.56. The van der Waals surface area contributed by atoms with E-state index in [0.29, 0.717) is 0 Å². The van der Waals surface area contributed by atoms with Crippen LogP contribution in [-0.2, 0) is 7.05 Å². The molecule has 1 aromatic rings. The highest BCUT2D eigenvalue weighted by Gasteiger charge is 2.02. The van der Waals surface area contributed by atoms with Gasteiger partial charge in [-0.25, -0.2) is 5.53 Å². The smallest absolute Gasteiger partial charge is 0.0941 e. The Kier molecular flexibility index (Phi) is 1.85. The lowest BCUT2D eigenvalue weighted by molar-refractivity contribution is 0.731. The van der Waals surface area contributed by atoms with Crippen LogP contribution in [0.5, 0.6) is 0 Å². The first-order valence-electron chi connectivity index (χ1n) is 3.22. The van der Waals surface area contributed by atoms with Crippen LogP contribution in [0.2, 0.25) is 0 Å². The van der Waals surface area contributed by atoms with Gasteiger partial charge in [-0.05, 0) is 18.6 Å². The molecule has 3 heteroatoms. The number of aromatic nitrogens is 1. The van der Waals surface area contributed by atoms with Gasteiger partial charge in [-0.3, -0.25) is 0 Å². The van der Waals surface area contributed by atoms with E-state index in [1.165, 1.54) is 0 Å². The molecule has 1 heterocycles. The Labute approximate surface area is 60.2 Å². The number of hydrogen-bond acceptors (Lipinski definition) is 2. The normalized spacial score (nSPS) is 13.0. The van der Waals surface area contributed by atoms with Crippen molar-refractivity contribution in [3.8, 4) is 0 Å². The summed E-state index contributed by atoms with van der Waals surface area (Å²) in [6.07, 6.45) is 3.93. The van der Waals surface area contributed by atoms with E-state index in [9.17, 15) is 0 Å². The van der Waals surface area contributed by atoms with Crippen LogP contribution in [0, 0.1) is 5.53 Å².